The highest BCUT2D eigenvalue weighted by molar-refractivity contribution is 5.69. The molecule has 2 nitrogen and oxygen atoms in total. The molecule has 23 heavy (non-hydrogen) atoms. The third kappa shape index (κ3) is 5.34. The van der Waals surface area contributed by atoms with Gasteiger partial charge >= 0.3 is 0 Å². The van der Waals surface area contributed by atoms with E-state index in [2.05, 4.69) is 66.2 Å². The van der Waals surface area contributed by atoms with Crippen LogP contribution in [0, 0.1) is 0 Å². The maximum atomic E-state index is 5.66. The smallest absolute Gasteiger partial charge is 0.0933 e. The van der Waals surface area contributed by atoms with Gasteiger partial charge in [0.05, 0.1) is 6.61 Å². The molecule has 1 saturated carbocycles. The van der Waals surface area contributed by atoms with Crippen LogP contribution >= 0.6 is 0 Å². The van der Waals surface area contributed by atoms with Gasteiger partial charge in [0.15, 0.2) is 0 Å². The minimum Gasteiger partial charge on any atom is -0.297 e. The second kappa shape index (κ2) is 8.66. The Morgan fingerprint density at radius 2 is 1.48 bits per heavy atom. The van der Waals surface area contributed by atoms with Gasteiger partial charge in [-0.2, -0.15) is 5.48 Å². The molecule has 3 rings (SSSR count). The van der Waals surface area contributed by atoms with Gasteiger partial charge in [-0.25, -0.2) is 0 Å². The predicted molar refractivity (Wildman–Crippen MR) is 96.6 cm³/mol. The normalized spacial score (nSPS) is 16.0. The maximum absolute atomic E-state index is 5.66. The first-order valence-electron chi connectivity index (χ1n) is 8.59. The Morgan fingerprint density at radius 1 is 0.826 bits per heavy atom. The molecule has 2 aromatic rings. The Bertz CT molecular complexity index is 597. The van der Waals surface area contributed by atoms with Crippen molar-refractivity contribution in [2.75, 3.05) is 0 Å². The molecule has 0 atom stereocenters. The highest BCUT2D eigenvalue weighted by Crippen LogP contribution is 2.17. The van der Waals surface area contributed by atoms with Crippen molar-refractivity contribution >= 4 is 12.2 Å². The monoisotopic (exact) mass is 307 g/mol. The maximum Gasteiger partial charge on any atom is 0.0933 e. The standard InChI is InChI=1S/C21H25NO/c1-3-7-18(8-4-1)11-12-19-13-15-20(16-14-19)17-23-22-21-9-5-2-6-10-21/h1,3-4,7-8,11-16,21-22H,2,5-6,9-10,17H2. The fourth-order valence-electron chi connectivity index (χ4n) is 2.94. The van der Waals surface area contributed by atoms with Crippen molar-refractivity contribution in [3.05, 3.63) is 71.3 Å². The van der Waals surface area contributed by atoms with E-state index in [0.717, 1.165) is 0 Å². The van der Waals surface area contributed by atoms with Crippen molar-refractivity contribution in [3.63, 3.8) is 0 Å². The number of benzene rings is 2. The van der Waals surface area contributed by atoms with Crippen LogP contribution in [-0.2, 0) is 11.4 Å². The van der Waals surface area contributed by atoms with Crippen molar-refractivity contribution in [2.24, 2.45) is 0 Å². The van der Waals surface area contributed by atoms with Gasteiger partial charge in [-0.3, -0.25) is 4.84 Å². The predicted octanol–water partition coefficient (Wildman–Crippen LogP) is 5.21. The zero-order valence-electron chi connectivity index (χ0n) is 13.6. The molecule has 0 aliphatic heterocycles. The first kappa shape index (κ1) is 16.0. The molecule has 0 unspecified atom stereocenters. The van der Waals surface area contributed by atoms with E-state index < -0.39 is 0 Å². The fraction of sp³-hybridized carbons (Fsp3) is 0.333. The topological polar surface area (TPSA) is 21.3 Å². The first-order chi connectivity index (χ1) is 11.4. The lowest BCUT2D eigenvalue weighted by Gasteiger charge is -2.22. The van der Waals surface area contributed by atoms with Gasteiger partial charge in [-0.05, 0) is 29.5 Å². The lowest BCUT2D eigenvalue weighted by atomic mass is 9.96. The largest absolute Gasteiger partial charge is 0.297 e. The summed E-state index contributed by atoms with van der Waals surface area (Å²) in [5.74, 6) is 0. The van der Waals surface area contributed by atoms with Crippen LogP contribution < -0.4 is 5.48 Å². The molecule has 2 heteroatoms. The highest BCUT2D eigenvalue weighted by Gasteiger charge is 2.12. The molecule has 1 N–H and O–H groups in total. The van der Waals surface area contributed by atoms with Crippen molar-refractivity contribution in [2.45, 2.75) is 44.8 Å². The van der Waals surface area contributed by atoms with Crippen LogP contribution in [0.2, 0.25) is 0 Å². The summed E-state index contributed by atoms with van der Waals surface area (Å²) >= 11 is 0. The molecule has 120 valence electrons. The summed E-state index contributed by atoms with van der Waals surface area (Å²) in [5, 5.41) is 0. The van der Waals surface area contributed by atoms with E-state index in [1.54, 1.807) is 0 Å². The minimum absolute atomic E-state index is 0.539. The summed E-state index contributed by atoms with van der Waals surface area (Å²) in [5.41, 5.74) is 6.84. The summed E-state index contributed by atoms with van der Waals surface area (Å²) in [7, 11) is 0. The van der Waals surface area contributed by atoms with Crippen LogP contribution in [0.3, 0.4) is 0 Å². The van der Waals surface area contributed by atoms with Crippen LogP contribution in [0.4, 0.5) is 0 Å². The average molecular weight is 307 g/mol. The number of hydrogen-bond donors (Lipinski definition) is 1. The molecule has 0 spiro atoms. The zero-order chi connectivity index (χ0) is 15.7. The molecule has 0 aromatic heterocycles. The van der Waals surface area contributed by atoms with Gasteiger partial charge in [-0.1, -0.05) is 86.0 Å². The van der Waals surface area contributed by atoms with Gasteiger partial charge in [0, 0.05) is 6.04 Å². The SMILES string of the molecule is C(=Cc1ccc(CONC2CCCCC2)cc1)c1ccccc1. The Labute approximate surface area is 139 Å². The van der Waals surface area contributed by atoms with Crippen molar-refractivity contribution in [1.29, 1.82) is 0 Å². The molecule has 0 amide bonds. The summed E-state index contributed by atoms with van der Waals surface area (Å²) < 4.78 is 0. The van der Waals surface area contributed by atoms with E-state index in [4.69, 9.17) is 4.84 Å². The average Bonchev–Trinajstić information content (AvgIpc) is 2.63. The number of rotatable bonds is 6. The third-order valence-corrected chi connectivity index (χ3v) is 4.34. The Balaban J connectivity index is 1.46. The molecule has 0 radical (unpaired) electrons. The lowest BCUT2D eigenvalue weighted by molar-refractivity contribution is -0.00458. The zero-order valence-corrected chi connectivity index (χ0v) is 13.6. The van der Waals surface area contributed by atoms with E-state index >= 15 is 0 Å². The second-order valence-corrected chi connectivity index (χ2v) is 6.23. The first-order valence-corrected chi connectivity index (χ1v) is 8.59. The van der Waals surface area contributed by atoms with E-state index in [-0.39, 0.29) is 0 Å². The van der Waals surface area contributed by atoms with Gasteiger partial charge in [0.1, 0.15) is 0 Å². The summed E-state index contributed by atoms with van der Waals surface area (Å²) in [6.07, 6.45) is 10.8. The van der Waals surface area contributed by atoms with Gasteiger partial charge in [-0.15, -0.1) is 0 Å². The Kier molecular flexibility index (Phi) is 6.01. The minimum atomic E-state index is 0.539. The van der Waals surface area contributed by atoms with Crippen LogP contribution in [-0.4, -0.2) is 6.04 Å². The van der Waals surface area contributed by atoms with E-state index in [1.807, 2.05) is 6.07 Å². The molecule has 1 fully saturated rings. The van der Waals surface area contributed by atoms with Crippen molar-refractivity contribution < 1.29 is 4.84 Å². The molecular formula is C21H25NO. The molecule has 0 bridgehead atoms. The van der Waals surface area contributed by atoms with Crippen molar-refractivity contribution in [3.8, 4) is 0 Å². The molecule has 1 aliphatic rings. The van der Waals surface area contributed by atoms with Crippen LogP contribution in [0.5, 0.6) is 0 Å². The lowest BCUT2D eigenvalue weighted by Crippen LogP contribution is -2.30. The Hall–Kier alpha value is -1.90. The Morgan fingerprint density at radius 3 is 2.17 bits per heavy atom. The fourth-order valence-corrected chi connectivity index (χ4v) is 2.94. The summed E-state index contributed by atoms with van der Waals surface area (Å²) in [6.45, 7) is 0.624. The number of hydrogen-bond acceptors (Lipinski definition) is 2. The van der Waals surface area contributed by atoms with Crippen LogP contribution in [0.15, 0.2) is 54.6 Å². The highest BCUT2D eigenvalue weighted by atomic mass is 16.6. The van der Waals surface area contributed by atoms with Crippen LogP contribution in [0.25, 0.3) is 12.2 Å². The van der Waals surface area contributed by atoms with Gasteiger partial charge < -0.3 is 0 Å². The number of nitrogens with one attached hydrogen (secondary N) is 1. The molecule has 0 heterocycles. The summed E-state index contributed by atoms with van der Waals surface area (Å²) in [6, 6.07) is 19.4. The van der Waals surface area contributed by atoms with Crippen molar-refractivity contribution in [1.82, 2.24) is 5.48 Å². The summed E-state index contributed by atoms with van der Waals surface area (Å²) in [4.78, 5) is 5.66. The third-order valence-electron chi connectivity index (χ3n) is 4.34. The van der Waals surface area contributed by atoms with E-state index in [0.29, 0.717) is 12.6 Å². The molecule has 2 aromatic carbocycles. The molecular weight excluding hydrogens is 282 g/mol. The van der Waals surface area contributed by atoms with E-state index in [9.17, 15) is 0 Å². The quantitative estimate of drug-likeness (QED) is 0.584. The second-order valence-electron chi connectivity index (χ2n) is 6.23. The van der Waals surface area contributed by atoms with Gasteiger partial charge in [0.25, 0.3) is 0 Å². The van der Waals surface area contributed by atoms with Crippen LogP contribution in [0.1, 0.15) is 48.8 Å². The van der Waals surface area contributed by atoms with Gasteiger partial charge in [0.2, 0.25) is 0 Å². The molecule has 1 aliphatic carbocycles. The van der Waals surface area contributed by atoms with E-state index in [1.165, 1.54) is 48.8 Å². The molecule has 0 saturated heterocycles. The number of hydroxylamine groups is 1.